The van der Waals surface area contributed by atoms with E-state index in [2.05, 4.69) is 12.2 Å². The fourth-order valence-corrected chi connectivity index (χ4v) is 2.34. The van der Waals surface area contributed by atoms with Crippen molar-refractivity contribution in [3.8, 4) is 5.75 Å². The van der Waals surface area contributed by atoms with Crippen molar-refractivity contribution < 1.29 is 9.53 Å². The average molecular weight is 284 g/mol. The summed E-state index contributed by atoms with van der Waals surface area (Å²) in [7, 11) is 1.51. The van der Waals surface area contributed by atoms with E-state index in [9.17, 15) is 4.79 Å². The molecule has 3 N–H and O–H groups in total. The molecule has 0 spiro atoms. The molecular weight excluding hydrogens is 264 g/mol. The summed E-state index contributed by atoms with van der Waals surface area (Å²) >= 11 is 0. The van der Waals surface area contributed by atoms with Crippen LogP contribution in [0.1, 0.15) is 28.4 Å². The van der Waals surface area contributed by atoms with Crippen LogP contribution in [0.25, 0.3) is 0 Å². The van der Waals surface area contributed by atoms with E-state index in [4.69, 9.17) is 10.5 Å². The Hall–Kier alpha value is -2.49. The van der Waals surface area contributed by atoms with Gasteiger partial charge < -0.3 is 15.8 Å². The lowest BCUT2D eigenvalue weighted by molar-refractivity contribution is 0.102. The maximum absolute atomic E-state index is 12.5. The molecule has 0 fully saturated rings. The van der Waals surface area contributed by atoms with Crippen molar-refractivity contribution >= 4 is 17.3 Å². The number of anilines is 2. The number of methoxy groups -OCH3 is 1. The quantitative estimate of drug-likeness (QED) is 0.846. The lowest BCUT2D eigenvalue weighted by Crippen LogP contribution is -2.16. The van der Waals surface area contributed by atoms with Crippen molar-refractivity contribution in [2.45, 2.75) is 20.3 Å². The van der Waals surface area contributed by atoms with E-state index < -0.39 is 0 Å². The van der Waals surface area contributed by atoms with E-state index in [1.807, 2.05) is 25.1 Å². The molecule has 0 aliphatic heterocycles. The van der Waals surface area contributed by atoms with Crippen LogP contribution >= 0.6 is 0 Å². The second kappa shape index (κ2) is 6.31. The highest BCUT2D eigenvalue weighted by Crippen LogP contribution is 2.28. The van der Waals surface area contributed by atoms with Gasteiger partial charge in [0.25, 0.3) is 5.91 Å². The molecule has 110 valence electrons. The molecule has 0 aliphatic rings. The molecule has 2 aromatic carbocycles. The van der Waals surface area contributed by atoms with E-state index in [-0.39, 0.29) is 5.91 Å². The normalized spacial score (nSPS) is 10.2. The molecule has 0 unspecified atom stereocenters. The summed E-state index contributed by atoms with van der Waals surface area (Å²) in [5, 5.41) is 2.97. The van der Waals surface area contributed by atoms with E-state index in [0.717, 1.165) is 23.2 Å². The number of para-hydroxylation sites is 2. The first kappa shape index (κ1) is 14.9. The van der Waals surface area contributed by atoms with Gasteiger partial charge >= 0.3 is 0 Å². The number of nitrogens with one attached hydrogen (secondary N) is 1. The molecule has 4 heteroatoms. The standard InChI is InChI=1S/C17H20N2O2/c1-4-12-8-5-7-11(2)15(12)19-17(20)13-9-6-10-14(18)16(13)21-3/h5-10H,4,18H2,1-3H3,(H,19,20). The number of hydrogen-bond donors (Lipinski definition) is 2. The maximum Gasteiger partial charge on any atom is 0.259 e. The third kappa shape index (κ3) is 2.99. The van der Waals surface area contributed by atoms with Crippen LogP contribution in [-0.2, 0) is 6.42 Å². The first-order chi connectivity index (χ1) is 10.1. The highest BCUT2D eigenvalue weighted by molar-refractivity contribution is 6.07. The number of amides is 1. The molecule has 0 bridgehead atoms. The lowest BCUT2D eigenvalue weighted by atomic mass is 10.0. The molecule has 0 heterocycles. The predicted octanol–water partition coefficient (Wildman–Crippen LogP) is 3.40. The molecule has 0 aliphatic carbocycles. The second-order valence-corrected chi connectivity index (χ2v) is 4.84. The molecule has 21 heavy (non-hydrogen) atoms. The second-order valence-electron chi connectivity index (χ2n) is 4.84. The number of ether oxygens (including phenoxy) is 1. The number of benzene rings is 2. The Labute approximate surface area is 124 Å². The van der Waals surface area contributed by atoms with Crippen molar-refractivity contribution in [2.24, 2.45) is 0 Å². The Bertz CT molecular complexity index is 666. The van der Waals surface area contributed by atoms with Crippen LogP contribution in [0.5, 0.6) is 5.75 Å². The third-order valence-electron chi connectivity index (χ3n) is 3.47. The Kier molecular flexibility index (Phi) is 4.48. The molecule has 0 saturated heterocycles. The zero-order valence-electron chi connectivity index (χ0n) is 12.6. The Morgan fingerprint density at radius 2 is 1.95 bits per heavy atom. The molecule has 0 aromatic heterocycles. The molecule has 4 nitrogen and oxygen atoms in total. The van der Waals surface area contributed by atoms with Crippen LogP contribution in [0.4, 0.5) is 11.4 Å². The van der Waals surface area contributed by atoms with Crippen LogP contribution < -0.4 is 15.8 Å². The van der Waals surface area contributed by atoms with Gasteiger partial charge in [0.2, 0.25) is 0 Å². The fourth-order valence-electron chi connectivity index (χ4n) is 2.34. The monoisotopic (exact) mass is 284 g/mol. The van der Waals surface area contributed by atoms with Gasteiger partial charge in [0.1, 0.15) is 0 Å². The molecule has 0 atom stereocenters. The first-order valence-corrected chi connectivity index (χ1v) is 6.90. The van der Waals surface area contributed by atoms with Crippen LogP contribution in [0.3, 0.4) is 0 Å². The van der Waals surface area contributed by atoms with Gasteiger partial charge in [-0.05, 0) is 36.6 Å². The summed E-state index contributed by atoms with van der Waals surface area (Å²) in [6.45, 7) is 4.04. The van der Waals surface area contributed by atoms with E-state index in [1.54, 1.807) is 18.2 Å². The minimum Gasteiger partial charge on any atom is -0.494 e. The third-order valence-corrected chi connectivity index (χ3v) is 3.47. The predicted molar refractivity (Wildman–Crippen MR) is 85.9 cm³/mol. The maximum atomic E-state index is 12.5. The van der Waals surface area contributed by atoms with Crippen molar-refractivity contribution in [2.75, 3.05) is 18.2 Å². The van der Waals surface area contributed by atoms with Crippen LogP contribution in [-0.4, -0.2) is 13.0 Å². The van der Waals surface area contributed by atoms with Crippen molar-refractivity contribution in [1.29, 1.82) is 0 Å². The zero-order chi connectivity index (χ0) is 15.4. The highest BCUT2D eigenvalue weighted by Gasteiger charge is 2.16. The van der Waals surface area contributed by atoms with E-state index >= 15 is 0 Å². The molecular formula is C17H20N2O2. The summed E-state index contributed by atoms with van der Waals surface area (Å²) in [6, 6.07) is 11.1. The Balaban J connectivity index is 2.38. The minimum absolute atomic E-state index is 0.219. The number of carbonyl (C=O) groups is 1. The zero-order valence-corrected chi connectivity index (χ0v) is 12.6. The minimum atomic E-state index is -0.219. The van der Waals surface area contributed by atoms with E-state index in [1.165, 1.54) is 7.11 Å². The van der Waals surface area contributed by atoms with Gasteiger partial charge in [0, 0.05) is 5.69 Å². The van der Waals surface area contributed by atoms with Gasteiger partial charge in [-0.15, -0.1) is 0 Å². The fraction of sp³-hybridized carbons (Fsp3) is 0.235. The molecule has 2 rings (SSSR count). The van der Waals surface area contributed by atoms with Crippen LogP contribution in [0, 0.1) is 6.92 Å². The topological polar surface area (TPSA) is 64.4 Å². The highest BCUT2D eigenvalue weighted by atomic mass is 16.5. The van der Waals surface area contributed by atoms with Crippen LogP contribution in [0.15, 0.2) is 36.4 Å². The van der Waals surface area contributed by atoms with E-state index in [0.29, 0.717) is 17.0 Å². The Morgan fingerprint density at radius 3 is 2.62 bits per heavy atom. The molecule has 0 saturated carbocycles. The Morgan fingerprint density at radius 1 is 1.24 bits per heavy atom. The van der Waals surface area contributed by atoms with Gasteiger partial charge in [0.15, 0.2) is 5.75 Å². The van der Waals surface area contributed by atoms with Crippen molar-refractivity contribution in [1.82, 2.24) is 0 Å². The largest absolute Gasteiger partial charge is 0.494 e. The van der Waals surface area contributed by atoms with Crippen molar-refractivity contribution in [3.63, 3.8) is 0 Å². The summed E-state index contributed by atoms with van der Waals surface area (Å²) in [6.07, 6.45) is 0.853. The average Bonchev–Trinajstić information content (AvgIpc) is 2.48. The van der Waals surface area contributed by atoms with Crippen molar-refractivity contribution in [3.05, 3.63) is 53.1 Å². The van der Waals surface area contributed by atoms with Gasteiger partial charge in [-0.25, -0.2) is 0 Å². The van der Waals surface area contributed by atoms with Gasteiger partial charge in [-0.2, -0.15) is 0 Å². The summed E-state index contributed by atoms with van der Waals surface area (Å²) in [5.74, 6) is 0.185. The summed E-state index contributed by atoms with van der Waals surface area (Å²) < 4.78 is 5.24. The lowest BCUT2D eigenvalue weighted by Gasteiger charge is -2.15. The van der Waals surface area contributed by atoms with Gasteiger partial charge in [-0.3, -0.25) is 4.79 Å². The number of hydrogen-bond acceptors (Lipinski definition) is 3. The molecule has 2 aromatic rings. The van der Waals surface area contributed by atoms with Gasteiger partial charge in [-0.1, -0.05) is 31.2 Å². The smallest absolute Gasteiger partial charge is 0.259 e. The number of nitrogens with two attached hydrogens (primary N) is 1. The number of nitrogen functional groups attached to an aromatic ring is 1. The molecule has 0 radical (unpaired) electrons. The number of rotatable bonds is 4. The van der Waals surface area contributed by atoms with Crippen LogP contribution in [0.2, 0.25) is 0 Å². The van der Waals surface area contributed by atoms with Gasteiger partial charge in [0.05, 0.1) is 18.4 Å². The number of aryl methyl sites for hydroxylation is 2. The summed E-state index contributed by atoms with van der Waals surface area (Å²) in [4.78, 5) is 12.5. The summed E-state index contributed by atoms with van der Waals surface area (Å²) in [5.41, 5.74) is 9.72. The first-order valence-electron chi connectivity index (χ1n) is 6.90. The SMILES string of the molecule is CCc1cccc(C)c1NC(=O)c1cccc(N)c1OC. The molecule has 1 amide bonds. The number of carbonyl (C=O) groups excluding carboxylic acids is 1.